The predicted octanol–water partition coefficient (Wildman–Crippen LogP) is 2.21. The van der Waals surface area contributed by atoms with Crippen molar-refractivity contribution in [3.05, 3.63) is 23.4 Å². The maximum Gasteiger partial charge on any atom is 0.213 e. The molecule has 0 N–H and O–H groups in total. The van der Waals surface area contributed by atoms with E-state index in [1.54, 1.807) is 18.3 Å². The first-order valence-electron chi connectivity index (χ1n) is 5.20. The van der Waals surface area contributed by atoms with Crippen LogP contribution in [0, 0.1) is 0 Å². The van der Waals surface area contributed by atoms with Crippen molar-refractivity contribution >= 4 is 11.6 Å². The summed E-state index contributed by atoms with van der Waals surface area (Å²) in [7, 11) is 2.14. The standard InChI is InChI=1S/C11H15ClN2O/c1-14(10-3-4-10)6-7-15-11-5-2-9(12)8-13-11/h2,5,8,10H,3-4,6-7H2,1H3. The Morgan fingerprint density at radius 3 is 2.93 bits per heavy atom. The maximum absolute atomic E-state index is 5.72. The average molecular weight is 227 g/mol. The summed E-state index contributed by atoms with van der Waals surface area (Å²) < 4.78 is 5.50. The molecule has 1 saturated carbocycles. The first-order chi connectivity index (χ1) is 7.25. The van der Waals surface area contributed by atoms with E-state index >= 15 is 0 Å². The normalized spacial score (nSPS) is 15.7. The van der Waals surface area contributed by atoms with Crippen LogP contribution in [0.1, 0.15) is 12.8 Å². The van der Waals surface area contributed by atoms with Crippen molar-refractivity contribution in [1.29, 1.82) is 0 Å². The van der Waals surface area contributed by atoms with Crippen LogP contribution in [0.15, 0.2) is 18.3 Å². The second-order valence-electron chi connectivity index (χ2n) is 3.87. The molecular formula is C11H15ClN2O. The van der Waals surface area contributed by atoms with Crippen molar-refractivity contribution in [3.63, 3.8) is 0 Å². The van der Waals surface area contributed by atoms with Crippen LogP contribution in [-0.4, -0.2) is 36.1 Å². The molecule has 0 unspecified atom stereocenters. The third-order valence-corrected chi connectivity index (χ3v) is 2.79. The van der Waals surface area contributed by atoms with Gasteiger partial charge in [-0.3, -0.25) is 0 Å². The number of halogens is 1. The molecule has 1 heterocycles. The molecule has 1 fully saturated rings. The highest BCUT2D eigenvalue weighted by molar-refractivity contribution is 6.30. The molecule has 0 aromatic carbocycles. The Labute approximate surface area is 95.0 Å². The van der Waals surface area contributed by atoms with Crippen molar-refractivity contribution in [2.75, 3.05) is 20.2 Å². The van der Waals surface area contributed by atoms with E-state index in [-0.39, 0.29) is 0 Å². The second kappa shape index (κ2) is 4.81. The van der Waals surface area contributed by atoms with E-state index in [1.807, 2.05) is 0 Å². The van der Waals surface area contributed by atoms with Crippen LogP contribution in [0.5, 0.6) is 5.88 Å². The SMILES string of the molecule is CN(CCOc1ccc(Cl)cn1)C1CC1. The Kier molecular flexibility index (Phi) is 3.44. The Morgan fingerprint density at radius 2 is 2.33 bits per heavy atom. The summed E-state index contributed by atoms with van der Waals surface area (Å²) >= 11 is 5.72. The van der Waals surface area contributed by atoms with Gasteiger partial charge in [-0.1, -0.05) is 11.6 Å². The van der Waals surface area contributed by atoms with Gasteiger partial charge in [0.2, 0.25) is 5.88 Å². The van der Waals surface area contributed by atoms with E-state index in [4.69, 9.17) is 16.3 Å². The lowest BCUT2D eigenvalue weighted by Crippen LogP contribution is -2.26. The maximum atomic E-state index is 5.72. The number of pyridine rings is 1. The molecule has 1 aliphatic rings. The first-order valence-corrected chi connectivity index (χ1v) is 5.58. The Morgan fingerprint density at radius 1 is 1.53 bits per heavy atom. The first kappa shape index (κ1) is 10.7. The van der Waals surface area contributed by atoms with E-state index in [0.29, 0.717) is 17.5 Å². The van der Waals surface area contributed by atoms with Gasteiger partial charge in [0.25, 0.3) is 0 Å². The van der Waals surface area contributed by atoms with Crippen LogP contribution in [-0.2, 0) is 0 Å². The average Bonchev–Trinajstić information content (AvgIpc) is 3.04. The minimum Gasteiger partial charge on any atom is -0.476 e. The van der Waals surface area contributed by atoms with Gasteiger partial charge in [-0.15, -0.1) is 0 Å². The Balaban J connectivity index is 1.70. The monoisotopic (exact) mass is 226 g/mol. The lowest BCUT2D eigenvalue weighted by molar-refractivity contribution is 0.226. The summed E-state index contributed by atoms with van der Waals surface area (Å²) in [6.45, 7) is 1.64. The van der Waals surface area contributed by atoms with E-state index in [2.05, 4.69) is 16.9 Å². The Hall–Kier alpha value is -0.800. The van der Waals surface area contributed by atoms with Crippen LogP contribution in [0.2, 0.25) is 5.02 Å². The van der Waals surface area contributed by atoms with Crippen molar-refractivity contribution in [1.82, 2.24) is 9.88 Å². The smallest absolute Gasteiger partial charge is 0.213 e. The van der Waals surface area contributed by atoms with E-state index in [0.717, 1.165) is 12.6 Å². The lowest BCUT2D eigenvalue weighted by Gasteiger charge is -2.15. The zero-order valence-electron chi connectivity index (χ0n) is 8.82. The van der Waals surface area contributed by atoms with Crippen LogP contribution < -0.4 is 4.74 Å². The molecule has 0 spiro atoms. The molecule has 0 amide bonds. The molecule has 0 atom stereocenters. The van der Waals surface area contributed by atoms with Crippen LogP contribution in [0.4, 0.5) is 0 Å². The molecule has 0 radical (unpaired) electrons. The molecule has 0 aliphatic heterocycles. The molecule has 1 aliphatic carbocycles. The fourth-order valence-electron chi connectivity index (χ4n) is 1.44. The van der Waals surface area contributed by atoms with Gasteiger partial charge in [-0.2, -0.15) is 0 Å². The minimum atomic E-state index is 0.637. The van der Waals surface area contributed by atoms with Crippen LogP contribution >= 0.6 is 11.6 Å². The minimum absolute atomic E-state index is 0.637. The number of hydrogen-bond donors (Lipinski definition) is 0. The molecular weight excluding hydrogens is 212 g/mol. The molecule has 1 aromatic rings. The zero-order chi connectivity index (χ0) is 10.7. The quantitative estimate of drug-likeness (QED) is 0.770. The molecule has 2 rings (SSSR count). The molecule has 15 heavy (non-hydrogen) atoms. The van der Waals surface area contributed by atoms with E-state index in [9.17, 15) is 0 Å². The fourth-order valence-corrected chi connectivity index (χ4v) is 1.55. The zero-order valence-corrected chi connectivity index (χ0v) is 9.57. The van der Waals surface area contributed by atoms with Crippen molar-refractivity contribution in [2.24, 2.45) is 0 Å². The van der Waals surface area contributed by atoms with Crippen molar-refractivity contribution in [2.45, 2.75) is 18.9 Å². The second-order valence-corrected chi connectivity index (χ2v) is 4.31. The third kappa shape index (κ3) is 3.36. The number of ether oxygens (including phenoxy) is 1. The number of rotatable bonds is 5. The van der Waals surface area contributed by atoms with Gasteiger partial charge >= 0.3 is 0 Å². The summed E-state index contributed by atoms with van der Waals surface area (Å²) in [4.78, 5) is 6.39. The summed E-state index contributed by atoms with van der Waals surface area (Å²) in [5.74, 6) is 0.642. The highest BCUT2D eigenvalue weighted by atomic mass is 35.5. The van der Waals surface area contributed by atoms with Gasteiger partial charge in [0.15, 0.2) is 0 Å². The van der Waals surface area contributed by atoms with E-state index < -0.39 is 0 Å². The highest BCUT2D eigenvalue weighted by Gasteiger charge is 2.25. The summed E-state index contributed by atoms with van der Waals surface area (Å²) in [6.07, 6.45) is 4.26. The van der Waals surface area contributed by atoms with Gasteiger partial charge in [-0.25, -0.2) is 4.98 Å². The lowest BCUT2D eigenvalue weighted by atomic mass is 10.5. The largest absolute Gasteiger partial charge is 0.476 e. The number of nitrogens with zero attached hydrogens (tertiary/aromatic N) is 2. The number of hydrogen-bond acceptors (Lipinski definition) is 3. The Bertz CT molecular complexity index is 311. The molecule has 82 valence electrons. The van der Waals surface area contributed by atoms with Crippen molar-refractivity contribution in [3.8, 4) is 5.88 Å². The number of likely N-dealkylation sites (N-methyl/N-ethyl adjacent to an activating group) is 1. The number of aromatic nitrogens is 1. The van der Waals surface area contributed by atoms with Gasteiger partial charge < -0.3 is 9.64 Å². The van der Waals surface area contributed by atoms with E-state index in [1.165, 1.54) is 12.8 Å². The highest BCUT2D eigenvalue weighted by Crippen LogP contribution is 2.24. The fraction of sp³-hybridized carbons (Fsp3) is 0.545. The molecule has 4 heteroatoms. The van der Waals surface area contributed by atoms with Gasteiger partial charge in [-0.05, 0) is 26.0 Å². The molecule has 0 saturated heterocycles. The van der Waals surface area contributed by atoms with Crippen LogP contribution in [0.25, 0.3) is 0 Å². The van der Waals surface area contributed by atoms with Gasteiger partial charge in [0, 0.05) is 24.8 Å². The molecule has 1 aromatic heterocycles. The summed E-state index contributed by atoms with van der Waals surface area (Å²) in [6, 6.07) is 4.36. The predicted molar refractivity (Wildman–Crippen MR) is 60.4 cm³/mol. The summed E-state index contributed by atoms with van der Waals surface area (Å²) in [5, 5.41) is 0.637. The van der Waals surface area contributed by atoms with Crippen molar-refractivity contribution < 1.29 is 4.74 Å². The molecule has 0 bridgehead atoms. The third-order valence-electron chi connectivity index (χ3n) is 2.56. The van der Waals surface area contributed by atoms with Crippen LogP contribution in [0.3, 0.4) is 0 Å². The van der Waals surface area contributed by atoms with Gasteiger partial charge in [0.1, 0.15) is 6.61 Å². The topological polar surface area (TPSA) is 25.4 Å². The van der Waals surface area contributed by atoms with Gasteiger partial charge in [0.05, 0.1) is 5.02 Å². The summed E-state index contributed by atoms with van der Waals surface area (Å²) in [5.41, 5.74) is 0. The molecule has 3 nitrogen and oxygen atoms in total.